The number of halogens is 3. The quantitative estimate of drug-likeness (QED) is 0.752. The topological polar surface area (TPSA) is 59.3 Å². The number of hydrogen-bond acceptors (Lipinski definition) is 4. The zero-order chi connectivity index (χ0) is 16.2. The molecule has 8 heteroatoms. The van der Waals surface area contributed by atoms with Gasteiger partial charge in [-0.05, 0) is 19.4 Å². The van der Waals surface area contributed by atoms with Crippen molar-refractivity contribution in [2.24, 2.45) is 0 Å². The summed E-state index contributed by atoms with van der Waals surface area (Å²) in [6.07, 6.45) is 0.274. The van der Waals surface area contributed by atoms with Crippen LogP contribution < -0.4 is 5.32 Å². The molecule has 1 atom stereocenters. The predicted octanol–water partition coefficient (Wildman–Crippen LogP) is 1.76. The lowest BCUT2D eigenvalue weighted by molar-refractivity contribution is -0.238. The zero-order valence-corrected chi connectivity index (χ0v) is 12.4. The van der Waals surface area contributed by atoms with Gasteiger partial charge in [-0.25, -0.2) is 4.98 Å². The summed E-state index contributed by atoms with van der Waals surface area (Å²) < 4.78 is 45.8. The van der Waals surface area contributed by atoms with Crippen LogP contribution in [-0.2, 0) is 24.2 Å². The van der Waals surface area contributed by atoms with Crippen LogP contribution in [0.2, 0.25) is 0 Å². The largest absolute Gasteiger partial charge is 0.502 e. The molecule has 0 saturated heterocycles. The molecule has 0 fully saturated rings. The second-order valence-corrected chi connectivity index (χ2v) is 5.20. The highest BCUT2D eigenvalue weighted by Crippen LogP contribution is 2.31. The maximum absolute atomic E-state index is 13.0. The first-order valence-electron chi connectivity index (χ1n) is 7.20. The molecule has 2 heterocycles. The number of ether oxygens (including phenoxy) is 1. The summed E-state index contributed by atoms with van der Waals surface area (Å²) in [6, 6.07) is 0. The van der Waals surface area contributed by atoms with E-state index >= 15 is 0 Å². The van der Waals surface area contributed by atoms with Crippen LogP contribution in [0.1, 0.15) is 24.9 Å². The molecule has 0 aromatic carbocycles. The number of alkyl halides is 3. The van der Waals surface area contributed by atoms with Crippen LogP contribution in [0.5, 0.6) is 0 Å². The van der Waals surface area contributed by atoms with E-state index in [1.807, 2.05) is 4.57 Å². The average molecular weight is 319 g/mol. The molecule has 1 unspecified atom stereocenters. The molecule has 0 amide bonds. The third kappa shape index (κ3) is 3.61. The van der Waals surface area contributed by atoms with E-state index in [4.69, 9.17) is 4.74 Å². The normalized spacial score (nSPS) is 17.7. The van der Waals surface area contributed by atoms with E-state index in [1.165, 1.54) is 0 Å². The van der Waals surface area contributed by atoms with Crippen molar-refractivity contribution in [2.45, 2.75) is 44.6 Å². The lowest BCUT2D eigenvalue weighted by Crippen LogP contribution is -2.51. The molecule has 5 nitrogen and oxygen atoms in total. The van der Waals surface area contributed by atoms with Gasteiger partial charge in [0, 0.05) is 32.3 Å². The number of fused-ring (bicyclic) bond motifs is 1. The zero-order valence-electron chi connectivity index (χ0n) is 12.4. The minimum absolute atomic E-state index is 0.216. The van der Waals surface area contributed by atoms with Crippen molar-refractivity contribution in [1.29, 1.82) is 0 Å². The smallest absolute Gasteiger partial charge is 0.422 e. The predicted molar refractivity (Wildman–Crippen MR) is 74.0 cm³/mol. The number of rotatable bonds is 7. The van der Waals surface area contributed by atoms with Crippen molar-refractivity contribution in [1.82, 2.24) is 14.9 Å². The Morgan fingerprint density at radius 3 is 2.95 bits per heavy atom. The van der Waals surface area contributed by atoms with E-state index in [1.54, 1.807) is 13.1 Å². The average Bonchev–Trinajstić information content (AvgIpc) is 3.02. The molecular formula is C14H20F3N3O2. The molecule has 22 heavy (non-hydrogen) atoms. The van der Waals surface area contributed by atoms with Crippen LogP contribution >= 0.6 is 0 Å². The van der Waals surface area contributed by atoms with Gasteiger partial charge in [-0.3, -0.25) is 0 Å². The SMILES string of the molecule is CCOC=CC(O)(CNCc1cnc2n1CCC2)C(F)(F)F. The van der Waals surface area contributed by atoms with E-state index in [2.05, 4.69) is 10.3 Å². The van der Waals surface area contributed by atoms with Gasteiger partial charge in [-0.2, -0.15) is 13.2 Å². The van der Waals surface area contributed by atoms with Crippen molar-refractivity contribution in [2.75, 3.05) is 13.2 Å². The van der Waals surface area contributed by atoms with Crippen molar-refractivity contribution in [3.63, 3.8) is 0 Å². The van der Waals surface area contributed by atoms with E-state index < -0.39 is 18.3 Å². The molecule has 1 aromatic rings. The summed E-state index contributed by atoms with van der Waals surface area (Å²) in [5, 5.41) is 12.5. The van der Waals surface area contributed by atoms with Gasteiger partial charge in [-0.15, -0.1) is 0 Å². The van der Waals surface area contributed by atoms with Crippen molar-refractivity contribution in [3.05, 3.63) is 30.1 Å². The summed E-state index contributed by atoms with van der Waals surface area (Å²) in [6.45, 7) is 2.28. The lowest BCUT2D eigenvalue weighted by Gasteiger charge is -2.27. The van der Waals surface area contributed by atoms with E-state index in [0.717, 1.165) is 37.2 Å². The van der Waals surface area contributed by atoms with Crippen LogP contribution in [0.3, 0.4) is 0 Å². The number of aryl methyl sites for hydroxylation is 1. The van der Waals surface area contributed by atoms with Crippen LogP contribution in [0, 0.1) is 0 Å². The summed E-state index contributed by atoms with van der Waals surface area (Å²) in [4.78, 5) is 4.23. The standard InChI is InChI=1S/C14H20F3N3O2/c1-2-22-7-5-13(21,14(15,16)17)10-18-8-11-9-19-12-4-3-6-20(11)12/h5,7,9,18,21H,2-4,6,8,10H2,1H3. The third-order valence-corrected chi connectivity index (χ3v) is 3.60. The van der Waals surface area contributed by atoms with Gasteiger partial charge in [0.05, 0.1) is 18.6 Å². The minimum Gasteiger partial charge on any atom is -0.502 e. The molecule has 124 valence electrons. The molecule has 0 saturated carbocycles. The first kappa shape index (κ1) is 16.8. The highest BCUT2D eigenvalue weighted by atomic mass is 19.4. The Bertz CT molecular complexity index is 528. The highest BCUT2D eigenvalue weighted by Gasteiger charge is 2.51. The van der Waals surface area contributed by atoms with E-state index in [9.17, 15) is 18.3 Å². The first-order chi connectivity index (χ1) is 10.4. The molecule has 1 aliphatic heterocycles. The number of nitrogens with zero attached hydrogens (tertiary/aromatic N) is 2. The van der Waals surface area contributed by atoms with Gasteiger partial charge in [-0.1, -0.05) is 0 Å². The summed E-state index contributed by atoms with van der Waals surface area (Å²) in [7, 11) is 0. The Labute approximate surface area is 126 Å². The summed E-state index contributed by atoms with van der Waals surface area (Å²) in [5.41, 5.74) is -2.14. The molecule has 0 bridgehead atoms. The Morgan fingerprint density at radius 2 is 2.27 bits per heavy atom. The van der Waals surface area contributed by atoms with Crippen LogP contribution in [0.15, 0.2) is 18.5 Å². The second-order valence-electron chi connectivity index (χ2n) is 5.20. The fourth-order valence-electron chi connectivity index (χ4n) is 2.35. The first-order valence-corrected chi connectivity index (χ1v) is 7.20. The number of hydrogen-bond donors (Lipinski definition) is 2. The molecule has 2 rings (SSSR count). The Hall–Kier alpha value is -1.54. The maximum atomic E-state index is 13.0. The van der Waals surface area contributed by atoms with E-state index in [-0.39, 0.29) is 13.2 Å². The summed E-state index contributed by atoms with van der Waals surface area (Å²) >= 11 is 0. The Morgan fingerprint density at radius 1 is 1.50 bits per heavy atom. The monoisotopic (exact) mass is 319 g/mol. The molecule has 1 aromatic heterocycles. The number of nitrogens with one attached hydrogen (secondary N) is 1. The van der Waals surface area contributed by atoms with Crippen molar-refractivity contribution in [3.8, 4) is 0 Å². The van der Waals surface area contributed by atoms with Gasteiger partial charge in [0.2, 0.25) is 0 Å². The Balaban J connectivity index is 1.96. The van der Waals surface area contributed by atoms with E-state index in [0.29, 0.717) is 6.08 Å². The molecule has 2 N–H and O–H groups in total. The maximum Gasteiger partial charge on any atom is 0.422 e. The molecular weight excluding hydrogens is 299 g/mol. The van der Waals surface area contributed by atoms with Gasteiger partial charge in [0.1, 0.15) is 5.82 Å². The van der Waals surface area contributed by atoms with Crippen LogP contribution in [0.25, 0.3) is 0 Å². The fraction of sp³-hybridized carbons (Fsp3) is 0.643. The van der Waals surface area contributed by atoms with Crippen molar-refractivity contribution >= 4 is 0 Å². The van der Waals surface area contributed by atoms with Crippen LogP contribution in [-0.4, -0.2) is 39.6 Å². The molecule has 0 spiro atoms. The van der Waals surface area contributed by atoms with Gasteiger partial charge < -0.3 is 19.7 Å². The van der Waals surface area contributed by atoms with Gasteiger partial charge >= 0.3 is 6.18 Å². The number of imidazole rings is 1. The molecule has 0 aliphatic carbocycles. The third-order valence-electron chi connectivity index (χ3n) is 3.60. The van der Waals surface area contributed by atoms with Gasteiger partial charge in [0.15, 0.2) is 5.60 Å². The fourth-order valence-corrected chi connectivity index (χ4v) is 2.35. The van der Waals surface area contributed by atoms with Crippen molar-refractivity contribution < 1.29 is 23.0 Å². The van der Waals surface area contributed by atoms with Gasteiger partial charge in [0.25, 0.3) is 0 Å². The lowest BCUT2D eigenvalue weighted by atomic mass is 10.0. The number of aliphatic hydroxyl groups is 1. The second kappa shape index (κ2) is 6.70. The Kier molecular flexibility index (Phi) is 5.12. The number of aromatic nitrogens is 2. The molecule has 1 aliphatic rings. The summed E-state index contributed by atoms with van der Waals surface area (Å²) in [5.74, 6) is 0.958. The highest BCUT2D eigenvalue weighted by molar-refractivity contribution is 5.10. The molecule has 0 radical (unpaired) electrons. The van der Waals surface area contributed by atoms with Crippen LogP contribution in [0.4, 0.5) is 13.2 Å². The minimum atomic E-state index is -4.78.